The number of benzene rings is 3. The SMILES string of the molecule is COc1ccc(CN(C(=O)OC(C)(C)C)c2nc(N=C(c3ccccc3)c3ccccc3)c(C)c3nc[nH]c23)c(OC)c1. The molecule has 2 heterocycles. The fourth-order valence-electron chi connectivity index (χ4n) is 4.69. The van der Waals surface area contributed by atoms with Gasteiger partial charge >= 0.3 is 6.09 Å². The predicted octanol–water partition coefficient (Wildman–Crippen LogP) is 7.39. The number of amides is 1. The third kappa shape index (κ3) is 6.51. The summed E-state index contributed by atoms with van der Waals surface area (Å²) < 4.78 is 16.9. The van der Waals surface area contributed by atoms with Crippen molar-refractivity contribution in [3.63, 3.8) is 0 Å². The first-order valence-corrected chi connectivity index (χ1v) is 13.9. The van der Waals surface area contributed by atoms with E-state index >= 15 is 0 Å². The van der Waals surface area contributed by atoms with Gasteiger partial charge in [-0.25, -0.2) is 19.8 Å². The molecule has 2 aromatic heterocycles. The highest BCUT2D eigenvalue weighted by Gasteiger charge is 2.29. The van der Waals surface area contributed by atoms with Crippen LogP contribution in [0.3, 0.4) is 0 Å². The van der Waals surface area contributed by atoms with Crippen LogP contribution in [-0.4, -0.2) is 46.6 Å². The number of H-pyrrole nitrogens is 1. The zero-order chi connectivity index (χ0) is 30.6. The lowest BCUT2D eigenvalue weighted by Crippen LogP contribution is -2.37. The smallest absolute Gasteiger partial charge is 0.416 e. The van der Waals surface area contributed by atoms with Gasteiger partial charge in [0.25, 0.3) is 0 Å². The normalized spacial score (nSPS) is 11.2. The number of anilines is 1. The molecule has 0 unspecified atom stereocenters. The zero-order valence-corrected chi connectivity index (χ0v) is 25.2. The number of nitrogens with zero attached hydrogens (tertiary/aromatic N) is 4. The van der Waals surface area contributed by atoms with Gasteiger partial charge in [0.05, 0.1) is 38.3 Å². The minimum Gasteiger partial charge on any atom is -0.497 e. The van der Waals surface area contributed by atoms with E-state index in [2.05, 4.69) is 9.97 Å². The molecule has 0 bridgehead atoms. The number of aromatic nitrogens is 3. The second-order valence-corrected chi connectivity index (χ2v) is 10.9. The molecular weight excluding hydrogens is 542 g/mol. The van der Waals surface area contributed by atoms with Crippen molar-refractivity contribution in [2.45, 2.75) is 39.8 Å². The number of aryl methyl sites for hydroxylation is 1. The highest BCUT2D eigenvalue weighted by atomic mass is 16.6. The van der Waals surface area contributed by atoms with Crippen molar-refractivity contribution < 1.29 is 19.0 Å². The molecule has 0 saturated heterocycles. The number of hydrogen-bond acceptors (Lipinski definition) is 7. The van der Waals surface area contributed by atoms with Crippen LogP contribution in [0.15, 0.2) is 90.2 Å². The van der Waals surface area contributed by atoms with Crippen LogP contribution in [0.2, 0.25) is 0 Å². The van der Waals surface area contributed by atoms with Gasteiger partial charge in [-0.2, -0.15) is 0 Å². The molecule has 0 aliphatic heterocycles. The molecule has 220 valence electrons. The predicted molar refractivity (Wildman–Crippen MR) is 169 cm³/mol. The molecule has 0 fully saturated rings. The second kappa shape index (κ2) is 12.4. The molecular formula is C34H35N5O4. The van der Waals surface area contributed by atoms with E-state index in [9.17, 15) is 4.79 Å². The standard InChI is InChI=1S/C34H35N5O4/c1-22-28-30(36-21-35-28)32(38-31(22)37-29(23-13-9-7-10-14-23)24-15-11-8-12-16-24)39(33(40)43-34(2,3)4)20-25-17-18-26(41-5)19-27(25)42-6/h7-19,21H,20H2,1-6H3,(H,35,36). The van der Waals surface area contributed by atoms with Gasteiger partial charge < -0.3 is 19.2 Å². The van der Waals surface area contributed by atoms with E-state index in [1.807, 2.05) is 100 Å². The lowest BCUT2D eigenvalue weighted by Gasteiger charge is -2.28. The van der Waals surface area contributed by atoms with E-state index in [0.29, 0.717) is 34.2 Å². The zero-order valence-electron chi connectivity index (χ0n) is 25.2. The van der Waals surface area contributed by atoms with Gasteiger partial charge in [-0.05, 0) is 39.8 Å². The summed E-state index contributed by atoms with van der Waals surface area (Å²) in [6.07, 6.45) is 1.02. The molecule has 43 heavy (non-hydrogen) atoms. The molecule has 3 aromatic carbocycles. The highest BCUT2D eigenvalue weighted by Crippen LogP contribution is 2.35. The van der Waals surface area contributed by atoms with Gasteiger partial charge in [0.2, 0.25) is 0 Å². The number of carbonyl (C=O) groups is 1. The van der Waals surface area contributed by atoms with Crippen LogP contribution in [0.1, 0.15) is 43.0 Å². The average Bonchev–Trinajstić information content (AvgIpc) is 3.50. The Hall–Kier alpha value is -5.18. The van der Waals surface area contributed by atoms with Crippen LogP contribution in [0.5, 0.6) is 11.5 Å². The molecule has 0 saturated carbocycles. The van der Waals surface area contributed by atoms with E-state index in [1.165, 1.54) is 4.90 Å². The summed E-state index contributed by atoms with van der Waals surface area (Å²) in [7, 11) is 3.17. The fraction of sp³-hybridized carbons (Fsp3) is 0.235. The monoisotopic (exact) mass is 577 g/mol. The van der Waals surface area contributed by atoms with Gasteiger partial charge in [-0.3, -0.25) is 4.90 Å². The summed E-state index contributed by atoms with van der Waals surface area (Å²) >= 11 is 0. The van der Waals surface area contributed by atoms with Crippen LogP contribution in [-0.2, 0) is 11.3 Å². The van der Waals surface area contributed by atoms with Crippen LogP contribution < -0.4 is 14.4 Å². The largest absolute Gasteiger partial charge is 0.497 e. The molecule has 5 aromatic rings. The van der Waals surface area contributed by atoms with E-state index < -0.39 is 11.7 Å². The number of nitrogens with one attached hydrogen (secondary N) is 1. The molecule has 9 nitrogen and oxygen atoms in total. The Morgan fingerprint density at radius 2 is 1.58 bits per heavy atom. The minimum absolute atomic E-state index is 0.111. The summed E-state index contributed by atoms with van der Waals surface area (Å²) in [5.74, 6) is 1.98. The number of fused-ring (bicyclic) bond motifs is 1. The maximum Gasteiger partial charge on any atom is 0.416 e. The first-order valence-electron chi connectivity index (χ1n) is 13.9. The van der Waals surface area contributed by atoms with E-state index in [0.717, 1.165) is 28.0 Å². The van der Waals surface area contributed by atoms with Crippen molar-refractivity contribution in [2.75, 3.05) is 19.1 Å². The number of rotatable bonds is 8. The molecule has 1 N–H and O–H groups in total. The van der Waals surface area contributed by atoms with E-state index in [4.69, 9.17) is 24.2 Å². The quantitative estimate of drug-likeness (QED) is 0.193. The fourth-order valence-corrected chi connectivity index (χ4v) is 4.69. The molecule has 0 aliphatic rings. The number of aliphatic imine (C=N–C) groups is 1. The van der Waals surface area contributed by atoms with Gasteiger partial charge in [0.1, 0.15) is 22.6 Å². The number of methoxy groups -OCH3 is 2. The Kier molecular flexibility index (Phi) is 8.43. The molecule has 9 heteroatoms. The number of imidazole rings is 1. The minimum atomic E-state index is -0.744. The number of pyridine rings is 1. The maximum absolute atomic E-state index is 13.8. The number of hydrogen-bond donors (Lipinski definition) is 1. The average molecular weight is 578 g/mol. The van der Waals surface area contributed by atoms with Gasteiger partial charge in [-0.1, -0.05) is 60.7 Å². The van der Waals surface area contributed by atoms with E-state index in [-0.39, 0.29) is 6.54 Å². The number of ether oxygens (including phenoxy) is 3. The molecule has 0 aliphatic carbocycles. The molecule has 5 rings (SSSR count). The summed E-state index contributed by atoms with van der Waals surface area (Å²) in [6, 6.07) is 25.3. The van der Waals surface area contributed by atoms with E-state index in [1.54, 1.807) is 26.6 Å². The van der Waals surface area contributed by atoms with Gasteiger partial charge in [0.15, 0.2) is 11.6 Å². The van der Waals surface area contributed by atoms with Gasteiger partial charge in [0, 0.05) is 28.3 Å². The first-order chi connectivity index (χ1) is 20.7. The Morgan fingerprint density at radius 1 is 0.930 bits per heavy atom. The lowest BCUT2D eigenvalue weighted by atomic mass is 10.0. The molecule has 1 amide bonds. The Bertz CT molecular complexity index is 1720. The first kappa shape index (κ1) is 29.3. The summed E-state index contributed by atoms with van der Waals surface area (Å²) in [6.45, 7) is 7.52. The van der Waals surface area contributed by atoms with Crippen molar-refractivity contribution >= 4 is 34.5 Å². The highest BCUT2D eigenvalue weighted by molar-refractivity contribution is 6.14. The van der Waals surface area contributed by atoms with Crippen molar-refractivity contribution in [1.82, 2.24) is 15.0 Å². The second-order valence-electron chi connectivity index (χ2n) is 10.9. The van der Waals surface area contributed by atoms with Crippen LogP contribution >= 0.6 is 0 Å². The molecule has 0 spiro atoms. The Balaban J connectivity index is 1.71. The summed E-state index contributed by atoms with van der Waals surface area (Å²) in [5, 5.41) is 0. The Labute approximate surface area is 251 Å². The Morgan fingerprint density at radius 3 is 2.16 bits per heavy atom. The third-order valence-corrected chi connectivity index (χ3v) is 6.77. The summed E-state index contributed by atoms with van der Waals surface area (Å²) in [4.78, 5) is 33.2. The van der Waals surface area contributed by atoms with Crippen LogP contribution in [0, 0.1) is 6.92 Å². The number of aromatic amines is 1. The van der Waals surface area contributed by atoms with Gasteiger partial charge in [-0.15, -0.1) is 0 Å². The maximum atomic E-state index is 13.8. The number of carbonyl (C=O) groups excluding carboxylic acids is 1. The van der Waals surface area contributed by atoms with Crippen molar-refractivity contribution in [2.24, 2.45) is 4.99 Å². The van der Waals surface area contributed by atoms with Crippen molar-refractivity contribution in [3.8, 4) is 11.5 Å². The lowest BCUT2D eigenvalue weighted by molar-refractivity contribution is 0.0576. The topological polar surface area (TPSA) is 102 Å². The summed E-state index contributed by atoms with van der Waals surface area (Å²) in [5.41, 5.74) is 4.63. The molecule has 0 radical (unpaired) electrons. The van der Waals surface area contributed by atoms with Crippen LogP contribution in [0.25, 0.3) is 11.0 Å². The van der Waals surface area contributed by atoms with Crippen molar-refractivity contribution in [1.29, 1.82) is 0 Å². The third-order valence-electron chi connectivity index (χ3n) is 6.77. The molecule has 0 atom stereocenters. The van der Waals surface area contributed by atoms with Crippen LogP contribution in [0.4, 0.5) is 16.4 Å². The van der Waals surface area contributed by atoms with Crippen molar-refractivity contribution in [3.05, 3.63) is 107 Å².